The number of thioether (sulfide) groups is 2. The summed E-state index contributed by atoms with van der Waals surface area (Å²) in [5.74, 6) is -0.354. The first kappa shape index (κ1) is 47.6. The molecule has 6 unspecified atom stereocenters. The van der Waals surface area contributed by atoms with Gasteiger partial charge in [-0.05, 0) is 72.6 Å². The number of ether oxygens (including phenoxy) is 1. The number of rotatable bonds is 27. The number of nitrogens with two attached hydrogens (primary N) is 1. The maximum Gasteiger partial charge on any atom is 0.243 e. The van der Waals surface area contributed by atoms with E-state index < -0.39 is 46.8 Å². The summed E-state index contributed by atoms with van der Waals surface area (Å²) in [4.78, 5) is 63.2. The topological polar surface area (TPSA) is 189 Å². The average Bonchev–Trinajstić information content (AvgIpc) is 3.08. The molecule has 7 N–H and O–H groups in total. The van der Waals surface area contributed by atoms with Gasteiger partial charge in [0, 0.05) is 43.0 Å². The van der Waals surface area contributed by atoms with Crippen molar-refractivity contribution < 1.29 is 33.8 Å². The second-order valence-electron chi connectivity index (χ2n) is 15.0. The van der Waals surface area contributed by atoms with Crippen LogP contribution in [0.25, 0.3) is 0 Å². The van der Waals surface area contributed by atoms with E-state index in [-0.39, 0.29) is 59.0 Å². The highest BCUT2D eigenvalue weighted by atomic mass is 32.2. The zero-order chi connectivity index (χ0) is 39.0. The van der Waals surface area contributed by atoms with Gasteiger partial charge >= 0.3 is 0 Å². The van der Waals surface area contributed by atoms with Gasteiger partial charge in [-0.1, -0.05) is 27.2 Å². The lowest BCUT2D eigenvalue weighted by atomic mass is 9.53. The van der Waals surface area contributed by atoms with Crippen LogP contribution in [0.5, 0.6) is 0 Å². The van der Waals surface area contributed by atoms with Crippen LogP contribution in [0.3, 0.4) is 0 Å². The molecule has 282 valence electrons. The molecule has 3 amide bonds. The molecular formula is C33H59B4N5O7S2. The van der Waals surface area contributed by atoms with E-state index in [4.69, 9.17) is 25.9 Å². The third kappa shape index (κ3) is 18.0. The second-order valence-corrected chi connectivity index (χ2v) is 17.5. The first-order valence-corrected chi connectivity index (χ1v) is 19.9. The molecule has 1 aliphatic carbocycles. The summed E-state index contributed by atoms with van der Waals surface area (Å²) < 4.78 is 5.96. The van der Waals surface area contributed by atoms with Crippen LogP contribution in [-0.2, 0) is 28.7 Å². The predicted octanol–water partition coefficient (Wildman–Crippen LogP) is 0.381. The van der Waals surface area contributed by atoms with Crippen molar-refractivity contribution in [3.8, 4) is 0 Å². The summed E-state index contributed by atoms with van der Waals surface area (Å²) in [6.45, 7) is 14.7. The highest BCUT2D eigenvalue weighted by Gasteiger charge is 2.38. The molecule has 0 aromatic heterocycles. The average molecular weight is 745 g/mol. The monoisotopic (exact) mass is 745 g/mol. The van der Waals surface area contributed by atoms with Crippen molar-refractivity contribution in [2.75, 3.05) is 31.2 Å². The van der Waals surface area contributed by atoms with E-state index in [1.54, 1.807) is 44.3 Å². The minimum atomic E-state index is -1.07. The summed E-state index contributed by atoms with van der Waals surface area (Å²) >= 11 is 3.21. The Balaban J connectivity index is 2.92. The van der Waals surface area contributed by atoms with E-state index in [2.05, 4.69) is 21.3 Å². The molecule has 0 aromatic carbocycles. The molecule has 0 aromatic rings. The number of carbonyl (C=O) groups is 5. The first-order valence-electron chi connectivity index (χ1n) is 17.8. The van der Waals surface area contributed by atoms with E-state index in [9.17, 15) is 29.1 Å². The molecule has 7 atom stereocenters. The third-order valence-electron chi connectivity index (χ3n) is 9.35. The van der Waals surface area contributed by atoms with Gasteiger partial charge < -0.3 is 46.4 Å². The lowest BCUT2D eigenvalue weighted by Gasteiger charge is -2.38. The van der Waals surface area contributed by atoms with Crippen LogP contribution in [0, 0.1) is 11.3 Å². The molecule has 12 nitrogen and oxygen atoms in total. The standard InChI is InChI=1S/C33H59B4N5O7S2/c1-9-20(3)23(43)13-14-33(8,38)49-19-31(4,5)30(48)41-21(28(46)39-15-26(44)36-34)17-50-24-11-12-25(24)51-18-22(42-32(6,7)10-2)29(47)40-16-27(45)37-35/h20-25,42-43H,9-19,38H2,1-8H3,(H,39,46)(H,40,47)(H,41,48)/t20?,21?,22?,23-,24?,25?,33?/m0/s1. The van der Waals surface area contributed by atoms with E-state index >= 15 is 0 Å². The predicted molar refractivity (Wildman–Crippen MR) is 211 cm³/mol. The molecule has 1 rings (SSSR count). The van der Waals surface area contributed by atoms with Gasteiger partial charge in [-0.25, -0.2) is 0 Å². The Morgan fingerprint density at radius 3 is 1.84 bits per heavy atom. The number of carbonyl (C=O) groups excluding carboxylic acids is 5. The molecule has 51 heavy (non-hydrogen) atoms. The lowest BCUT2D eigenvalue weighted by Crippen LogP contribution is -2.55. The number of aliphatic hydroxyl groups is 1. The van der Waals surface area contributed by atoms with Crippen molar-refractivity contribution in [3.05, 3.63) is 0 Å². The SMILES string of the molecule is [B][B]C(=O)CNC(=O)C(CSC1CCC1SCC(NC(C)(C)CC)C(=O)NCC(=O)[B][B])NC(=O)C(C)(C)COC(C)(N)CC[C@H](O)C(C)CC. The van der Waals surface area contributed by atoms with Gasteiger partial charge in [0.2, 0.25) is 17.7 Å². The molecule has 1 saturated carbocycles. The summed E-state index contributed by atoms with van der Waals surface area (Å²) in [6, 6.07) is -1.49. The van der Waals surface area contributed by atoms with Crippen molar-refractivity contribution in [3.63, 3.8) is 0 Å². The fraction of sp³-hybridized carbons (Fsp3) is 0.848. The summed E-state index contributed by atoms with van der Waals surface area (Å²) in [6.07, 6.45) is 3.82. The van der Waals surface area contributed by atoms with Crippen LogP contribution in [0.1, 0.15) is 93.9 Å². The Kier molecular flexibility index (Phi) is 21.2. The second kappa shape index (κ2) is 22.7. The smallest absolute Gasteiger partial charge is 0.243 e. The Morgan fingerprint density at radius 2 is 1.39 bits per heavy atom. The van der Waals surface area contributed by atoms with Crippen molar-refractivity contribution in [1.29, 1.82) is 0 Å². The molecule has 0 aliphatic heterocycles. The normalized spacial score (nSPS) is 19.6. The van der Waals surface area contributed by atoms with Gasteiger partial charge in [0.05, 0.1) is 48.6 Å². The Labute approximate surface area is 318 Å². The minimum absolute atomic E-state index is 0.0229. The van der Waals surface area contributed by atoms with E-state index in [1.807, 2.05) is 34.6 Å². The molecule has 0 spiro atoms. The van der Waals surface area contributed by atoms with Crippen molar-refractivity contribution in [2.24, 2.45) is 17.1 Å². The minimum Gasteiger partial charge on any atom is -0.393 e. The molecule has 0 saturated heterocycles. The van der Waals surface area contributed by atoms with E-state index in [1.165, 1.54) is 0 Å². The Bertz CT molecular complexity index is 1150. The summed E-state index contributed by atoms with van der Waals surface area (Å²) in [7, 11) is 12.4. The third-order valence-corrected chi connectivity index (χ3v) is 12.6. The van der Waals surface area contributed by atoms with Gasteiger partial charge in [-0.15, -0.1) is 0 Å². The van der Waals surface area contributed by atoms with Gasteiger partial charge in [0.15, 0.2) is 0 Å². The highest BCUT2D eigenvalue weighted by molar-refractivity contribution is 8.04. The maximum atomic E-state index is 13.5. The largest absolute Gasteiger partial charge is 0.393 e. The number of hydrogen-bond acceptors (Lipinski definition) is 11. The number of nitrogens with one attached hydrogen (secondary N) is 4. The van der Waals surface area contributed by atoms with Crippen molar-refractivity contribution >= 4 is 82.4 Å². The molecule has 1 aliphatic rings. The van der Waals surface area contributed by atoms with Crippen molar-refractivity contribution in [2.45, 2.75) is 134 Å². The van der Waals surface area contributed by atoms with Crippen LogP contribution < -0.4 is 27.0 Å². The van der Waals surface area contributed by atoms with Crippen molar-refractivity contribution in [1.82, 2.24) is 21.3 Å². The zero-order valence-corrected chi connectivity index (χ0v) is 33.5. The molecule has 0 heterocycles. The molecular weight excluding hydrogens is 686 g/mol. The molecule has 1 fully saturated rings. The lowest BCUT2D eigenvalue weighted by molar-refractivity contribution is -0.141. The highest BCUT2D eigenvalue weighted by Crippen LogP contribution is 2.40. The van der Waals surface area contributed by atoms with Crippen LogP contribution >= 0.6 is 23.5 Å². The molecule has 0 bridgehead atoms. The van der Waals surface area contributed by atoms with E-state index in [0.717, 1.165) is 40.0 Å². The molecule has 18 heteroatoms. The summed E-state index contributed by atoms with van der Waals surface area (Å²) in [5.41, 5.74) is 3.09. The number of hydrogen-bond donors (Lipinski definition) is 6. The van der Waals surface area contributed by atoms with Gasteiger partial charge in [0.25, 0.3) is 0 Å². The van der Waals surface area contributed by atoms with Crippen LogP contribution in [0.2, 0.25) is 0 Å². The summed E-state index contributed by atoms with van der Waals surface area (Å²) in [5, 5.41) is 22.2. The van der Waals surface area contributed by atoms with Crippen LogP contribution in [-0.4, -0.2) is 135 Å². The van der Waals surface area contributed by atoms with Gasteiger partial charge in [-0.2, -0.15) is 23.5 Å². The Morgan fingerprint density at radius 1 is 0.902 bits per heavy atom. The zero-order valence-electron chi connectivity index (χ0n) is 31.8. The Hall–Kier alpha value is -1.45. The number of amides is 3. The maximum absolute atomic E-state index is 13.5. The van der Waals surface area contributed by atoms with Crippen LogP contribution in [0.15, 0.2) is 0 Å². The first-order chi connectivity index (χ1) is 23.7. The number of aliphatic hydroxyl groups excluding tert-OH is 1. The fourth-order valence-electron chi connectivity index (χ4n) is 4.74. The van der Waals surface area contributed by atoms with Gasteiger partial charge in [-0.3, -0.25) is 14.4 Å². The fourth-order valence-corrected chi connectivity index (χ4v) is 7.87. The quantitative estimate of drug-likeness (QED) is 0.0504. The molecule has 6 radical (unpaired) electrons. The van der Waals surface area contributed by atoms with E-state index in [0.29, 0.717) is 18.6 Å². The van der Waals surface area contributed by atoms with Gasteiger partial charge in [0.1, 0.15) is 26.1 Å². The van der Waals surface area contributed by atoms with Crippen LogP contribution in [0.4, 0.5) is 0 Å².